The highest BCUT2D eigenvalue weighted by Gasteiger charge is 2.24. The largest absolute Gasteiger partial charge is 0.486 e. The number of amides is 1. The van der Waals surface area contributed by atoms with Crippen LogP contribution in [0, 0.1) is 12.7 Å². The Kier molecular flexibility index (Phi) is 3.80. The number of ether oxygens (including phenoxy) is 2. The zero-order valence-electron chi connectivity index (χ0n) is 13.5. The first-order valence-electron chi connectivity index (χ1n) is 7.98. The molecule has 0 bridgehead atoms. The summed E-state index contributed by atoms with van der Waals surface area (Å²) in [7, 11) is 0. The summed E-state index contributed by atoms with van der Waals surface area (Å²) in [6, 6.07) is 12.0. The monoisotopic (exact) mass is 341 g/mol. The third-order valence-corrected chi connectivity index (χ3v) is 4.18. The molecule has 0 spiro atoms. The molecule has 6 heteroatoms. The Bertz CT molecular complexity index is 950. The van der Waals surface area contributed by atoms with Gasteiger partial charge in [0, 0.05) is 10.9 Å². The van der Waals surface area contributed by atoms with Crippen LogP contribution in [0.1, 0.15) is 16.1 Å². The second-order valence-electron chi connectivity index (χ2n) is 5.88. The van der Waals surface area contributed by atoms with E-state index in [1.165, 1.54) is 6.07 Å². The predicted molar refractivity (Wildman–Crippen MR) is 89.6 cm³/mol. The van der Waals surface area contributed by atoms with Crippen molar-refractivity contribution in [1.29, 1.82) is 0 Å². The fraction of sp³-hybridized carbons (Fsp3) is 0.211. The zero-order valence-corrected chi connectivity index (χ0v) is 13.5. The third kappa shape index (κ3) is 2.80. The second-order valence-corrected chi connectivity index (χ2v) is 5.88. The van der Waals surface area contributed by atoms with Crippen LogP contribution in [-0.4, -0.2) is 25.2 Å². The van der Waals surface area contributed by atoms with E-state index in [0.717, 1.165) is 0 Å². The summed E-state index contributed by atoms with van der Waals surface area (Å²) in [5.41, 5.74) is 0.703. The number of aryl methyl sites for hydroxylation is 1. The molecule has 2 heterocycles. The van der Waals surface area contributed by atoms with Crippen LogP contribution >= 0.6 is 0 Å². The van der Waals surface area contributed by atoms with E-state index >= 15 is 0 Å². The first-order valence-corrected chi connectivity index (χ1v) is 7.98. The van der Waals surface area contributed by atoms with Gasteiger partial charge in [0.2, 0.25) is 0 Å². The van der Waals surface area contributed by atoms with Crippen molar-refractivity contribution >= 4 is 16.9 Å². The number of rotatable bonds is 3. The first-order chi connectivity index (χ1) is 12.1. The molecular weight excluding hydrogens is 325 g/mol. The summed E-state index contributed by atoms with van der Waals surface area (Å²) in [4.78, 5) is 12.4. The van der Waals surface area contributed by atoms with Crippen molar-refractivity contribution in [3.63, 3.8) is 0 Å². The molecule has 1 N–H and O–H groups in total. The Morgan fingerprint density at radius 2 is 2.00 bits per heavy atom. The quantitative estimate of drug-likeness (QED) is 0.793. The highest BCUT2D eigenvalue weighted by molar-refractivity contribution is 5.99. The van der Waals surface area contributed by atoms with Gasteiger partial charge in [-0.1, -0.05) is 24.3 Å². The molecular formula is C19H16FNO4. The van der Waals surface area contributed by atoms with Gasteiger partial charge in [0.25, 0.3) is 5.91 Å². The standard InChI is InChI=1S/C19H16FNO4/c1-11-13-5-4-6-14(20)18(13)25-17(11)19(22)21-9-12-10-23-15-7-2-3-8-16(15)24-12/h2-8,12H,9-10H2,1H3,(H,21,22)/t12-/m1/s1. The fourth-order valence-corrected chi connectivity index (χ4v) is 2.88. The summed E-state index contributed by atoms with van der Waals surface area (Å²) in [6.07, 6.45) is -0.305. The Morgan fingerprint density at radius 3 is 2.80 bits per heavy atom. The van der Waals surface area contributed by atoms with Gasteiger partial charge in [-0.3, -0.25) is 4.79 Å². The molecule has 128 valence electrons. The van der Waals surface area contributed by atoms with Crippen LogP contribution in [0.15, 0.2) is 46.9 Å². The van der Waals surface area contributed by atoms with Crippen molar-refractivity contribution in [3.05, 3.63) is 59.6 Å². The number of fused-ring (bicyclic) bond motifs is 2. The van der Waals surface area contributed by atoms with E-state index in [4.69, 9.17) is 13.9 Å². The number of nitrogens with one attached hydrogen (secondary N) is 1. The van der Waals surface area contributed by atoms with E-state index in [2.05, 4.69) is 5.32 Å². The van der Waals surface area contributed by atoms with Crippen molar-refractivity contribution in [3.8, 4) is 11.5 Å². The highest BCUT2D eigenvalue weighted by atomic mass is 19.1. The number of carbonyl (C=O) groups excluding carboxylic acids is 1. The first kappa shape index (κ1) is 15.5. The van der Waals surface area contributed by atoms with E-state index in [-0.39, 0.29) is 24.0 Å². The number of hydrogen-bond donors (Lipinski definition) is 1. The van der Waals surface area contributed by atoms with Gasteiger partial charge in [0.1, 0.15) is 12.7 Å². The minimum atomic E-state index is -0.486. The molecule has 1 atom stereocenters. The molecule has 1 amide bonds. The van der Waals surface area contributed by atoms with Crippen molar-refractivity contribution in [2.24, 2.45) is 0 Å². The van der Waals surface area contributed by atoms with Crippen LogP contribution in [0.4, 0.5) is 4.39 Å². The van der Waals surface area contributed by atoms with Crippen LogP contribution < -0.4 is 14.8 Å². The fourth-order valence-electron chi connectivity index (χ4n) is 2.88. The number of carbonyl (C=O) groups is 1. The van der Waals surface area contributed by atoms with Crippen molar-refractivity contribution in [2.75, 3.05) is 13.2 Å². The van der Waals surface area contributed by atoms with Crippen molar-refractivity contribution in [2.45, 2.75) is 13.0 Å². The summed E-state index contributed by atoms with van der Waals surface area (Å²) in [6.45, 7) is 2.33. The maximum atomic E-state index is 13.8. The van der Waals surface area contributed by atoms with Crippen LogP contribution in [0.2, 0.25) is 0 Å². The normalized spacial score (nSPS) is 16.0. The average Bonchev–Trinajstić information content (AvgIpc) is 2.98. The number of benzene rings is 2. The molecule has 0 aliphatic carbocycles. The lowest BCUT2D eigenvalue weighted by Gasteiger charge is -2.26. The molecule has 0 saturated heterocycles. The van der Waals surface area contributed by atoms with Gasteiger partial charge in [-0.2, -0.15) is 0 Å². The zero-order chi connectivity index (χ0) is 17.4. The lowest BCUT2D eigenvalue weighted by Crippen LogP contribution is -2.40. The Morgan fingerprint density at radius 1 is 1.20 bits per heavy atom. The molecule has 0 fully saturated rings. The smallest absolute Gasteiger partial charge is 0.287 e. The van der Waals surface area contributed by atoms with Gasteiger partial charge in [-0.15, -0.1) is 0 Å². The Hall–Kier alpha value is -3.02. The van der Waals surface area contributed by atoms with E-state index in [1.807, 2.05) is 24.3 Å². The molecule has 2 aromatic carbocycles. The Balaban J connectivity index is 1.47. The molecule has 0 radical (unpaired) electrons. The molecule has 0 unspecified atom stereocenters. The third-order valence-electron chi connectivity index (χ3n) is 4.18. The van der Waals surface area contributed by atoms with E-state index in [9.17, 15) is 9.18 Å². The van der Waals surface area contributed by atoms with Crippen LogP contribution in [0.5, 0.6) is 11.5 Å². The van der Waals surface area contributed by atoms with Crippen LogP contribution in [-0.2, 0) is 0 Å². The minimum Gasteiger partial charge on any atom is -0.486 e. The summed E-state index contributed by atoms with van der Waals surface area (Å²) in [5.74, 6) is 0.553. The summed E-state index contributed by atoms with van der Waals surface area (Å²) >= 11 is 0. The lowest BCUT2D eigenvalue weighted by molar-refractivity contribution is 0.0774. The van der Waals surface area contributed by atoms with E-state index in [1.54, 1.807) is 19.1 Å². The molecule has 0 saturated carbocycles. The number of furan rings is 1. The highest BCUT2D eigenvalue weighted by Crippen LogP contribution is 2.31. The van der Waals surface area contributed by atoms with Gasteiger partial charge >= 0.3 is 0 Å². The molecule has 25 heavy (non-hydrogen) atoms. The van der Waals surface area contributed by atoms with Gasteiger partial charge in [-0.05, 0) is 25.1 Å². The second kappa shape index (κ2) is 6.12. The SMILES string of the molecule is Cc1c(C(=O)NC[C@@H]2COc3ccccc3O2)oc2c(F)cccc12. The minimum absolute atomic E-state index is 0.0938. The lowest BCUT2D eigenvalue weighted by atomic mass is 10.1. The van der Waals surface area contributed by atoms with Gasteiger partial charge in [0.05, 0.1) is 6.54 Å². The Labute approximate surface area is 143 Å². The van der Waals surface area contributed by atoms with E-state index < -0.39 is 11.7 Å². The average molecular weight is 341 g/mol. The molecule has 1 aliphatic rings. The topological polar surface area (TPSA) is 60.7 Å². The van der Waals surface area contributed by atoms with Gasteiger partial charge < -0.3 is 19.2 Å². The van der Waals surface area contributed by atoms with Gasteiger partial charge in [0.15, 0.2) is 28.7 Å². The predicted octanol–water partition coefficient (Wildman–Crippen LogP) is 3.45. The number of para-hydroxylation sites is 3. The van der Waals surface area contributed by atoms with Crippen LogP contribution in [0.25, 0.3) is 11.0 Å². The molecule has 3 aromatic rings. The molecule has 1 aromatic heterocycles. The molecule has 4 rings (SSSR count). The van der Waals surface area contributed by atoms with Crippen LogP contribution in [0.3, 0.4) is 0 Å². The summed E-state index contributed by atoms with van der Waals surface area (Å²) in [5, 5.41) is 3.35. The number of hydrogen-bond acceptors (Lipinski definition) is 4. The maximum absolute atomic E-state index is 13.8. The molecule has 5 nitrogen and oxygen atoms in total. The van der Waals surface area contributed by atoms with Gasteiger partial charge in [-0.25, -0.2) is 4.39 Å². The summed E-state index contributed by atoms with van der Waals surface area (Å²) < 4.78 is 30.6. The number of halogens is 1. The van der Waals surface area contributed by atoms with E-state index in [0.29, 0.717) is 29.1 Å². The van der Waals surface area contributed by atoms with Crippen molar-refractivity contribution in [1.82, 2.24) is 5.32 Å². The van der Waals surface area contributed by atoms with Crippen molar-refractivity contribution < 1.29 is 23.1 Å². The molecule has 1 aliphatic heterocycles. The maximum Gasteiger partial charge on any atom is 0.287 e.